The van der Waals surface area contributed by atoms with E-state index in [0.717, 1.165) is 39.0 Å². The first-order chi connectivity index (χ1) is 10.7. The molecule has 0 aromatic carbocycles. The molecule has 0 atom stereocenters. The number of hydrogen-bond acceptors (Lipinski definition) is 3. The lowest BCUT2D eigenvalue weighted by atomic mass is 9.97. The van der Waals surface area contributed by atoms with Crippen LogP contribution in [0, 0.1) is 0 Å². The summed E-state index contributed by atoms with van der Waals surface area (Å²) in [7, 11) is 0. The van der Waals surface area contributed by atoms with Gasteiger partial charge in [-0.3, -0.25) is 4.79 Å². The van der Waals surface area contributed by atoms with Gasteiger partial charge in [0.2, 0.25) is 5.91 Å². The summed E-state index contributed by atoms with van der Waals surface area (Å²) >= 11 is 2.00. The third-order valence-electron chi connectivity index (χ3n) is 5.11. The van der Waals surface area contributed by atoms with Gasteiger partial charge in [-0.25, -0.2) is 0 Å². The molecule has 0 unspecified atom stereocenters. The molecule has 122 valence electrons. The van der Waals surface area contributed by atoms with Crippen LogP contribution in [0.2, 0.25) is 0 Å². The maximum absolute atomic E-state index is 12.7. The van der Waals surface area contributed by atoms with Crippen molar-refractivity contribution in [3.8, 4) is 0 Å². The van der Waals surface area contributed by atoms with Crippen molar-refractivity contribution in [1.82, 2.24) is 4.90 Å². The van der Waals surface area contributed by atoms with Gasteiger partial charge < -0.3 is 9.80 Å². The van der Waals surface area contributed by atoms with E-state index in [1.807, 2.05) is 11.3 Å². The molecule has 1 aliphatic heterocycles. The second-order valence-corrected chi connectivity index (χ2v) is 7.60. The summed E-state index contributed by atoms with van der Waals surface area (Å²) in [6.45, 7) is 8.37. The molecule has 3 rings (SSSR count). The van der Waals surface area contributed by atoms with Gasteiger partial charge in [0.1, 0.15) is 0 Å². The standard InChI is InChI=1S/C18H28N2OS/c1-3-19(4-2)12-13-20-17(21)11-7-10-16-18(20)14-8-5-6-9-15(14)22-16/h3-13H2,1-2H3. The predicted octanol–water partition coefficient (Wildman–Crippen LogP) is 3.64. The number of carbonyl (C=O) groups is 1. The molecule has 0 saturated carbocycles. The number of fused-ring (bicyclic) bond motifs is 3. The highest BCUT2D eigenvalue weighted by atomic mass is 32.1. The van der Waals surface area contributed by atoms with E-state index in [0.29, 0.717) is 12.3 Å². The predicted molar refractivity (Wildman–Crippen MR) is 94.0 cm³/mol. The largest absolute Gasteiger partial charge is 0.310 e. The fourth-order valence-corrected chi connectivity index (χ4v) is 5.21. The van der Waals surface area contributed by atoms with Crippen molar-refractivity contribution >= 4 is 22.9 Å². The lowest BCUT2D eigenvalue weighted by molar-refractivity contribution is -0.118. The molecule has 1 aliphatic carbocycles. The van der Waals surface area contributed by atoms with Gasteiger partial charge in [-0.1, -0.05) is 13.8 Å². The molecule has 0 fully saturated rings. The van der Waals surface area contributed by atoms with E-state index in [1.54, 1.807) is 4.88 Å². The smallest absolute Gasteiger partial charge is 0.227 e. The lowest BCUT2D eigenvalue weighted by Crippen LogP contribution is -2.38. The number of likely N-dealkylation sites (N-methyl/N-ethyl adjacent to an activating group) is 1. The Morgan fingerprint density at radius 1 is 1.00 bits per heavy atom. The van der Waals surface area contributed by atoms with Crippen LogP contribution in [0.25, 0.3) is 0 Å². The van der Waals surface area contributed by atoms with Crippen LogP contribution in [0.5, 0.6) is 0 Å². The fourth-order valence-electron chi connectivity index (χ4n) is 3.77. The van der Waals surface area contributed by atoms with Crippen LogP contribution >= 0.6 is 11.3 Å². The first-order valence-corrected chi connectivity index (χ1v) is 9.72. The van der Waals surface area contributed by atoms with E-state index in [9.17, 15) is 4.79 Å². The summed E-state index contributed by atoms with van der Waals surface area (Å²) in [5, 5.41) is 0. The van der Waals surface area contributed by atoms with Gasteiger partial charge >= 0.3 is 0 Å². The van der Waals surface area contributed by atoms with Gasteiger partial charge in [-0.15, -0.1) is 11.3 Å². The van der Waals surface area contributed by atoms with Gasteiger partial charge in [-0.05, 0) is 57.2 Å². The van der Waals surface area contributed by atoms with Crippen LogP contribution in [0.15, 0.2) is 0 Å². The van der Waals surface area contributed by atoms with Crippen LogP contribution in [0.4, 0.5) is 5.69 Å². The monoisotopic (exact) mass is 320 g/mol. The molecule has 0 bridgehead atoms. The molecule has 3 nitrogen and oxygen atoms in total. The van der Waals surface area contributed by atoms with Crippen LogP contribution in [-0.4, -0.2) is 37.0 Å². The summed E-state index contributed by atoms with van der Waals surface area (Å²) in [5.41, 5.74) is 2.84. The highest BCUT2D eigenvalue weighted by Crippen LogP contribution is 2.42. The molecule has 0 N–H and O–H groups in total. The SMILES string of the molecule is CCN(CC)CCN1C(=O)CCCc2sc3c(c21)CCCC3. The minimum Gasteiger partial charge on any atom is -0.310 e. The number of aryl methyl sites for hydroxylation is 2. The van der Waals surface area contributed by atoms with Gasteiger partial charge in [0, 0.05) is 29.3 Å². The average molecular weight is 321 g/mol. The fraction of sp³-hybridized carbons (Fsp3) is 0.722. The molecular formula is C18H28N2OS. The molecule has 2 aliphatic rings. The zero-order valence-corrected chi connectivity index (χ0v) is 14.8. The third kappa shape index (κ3) is 3.09. The van der Waals surface area contributed by atoms with Crippen molar-refractivity contribution < 1.29 is 4.79 Å². The van der Waals surface area contributed by atoms with Crippen LogP contribution < -0.4 is 4.90 Å². The number of carbonyl (C=O) groups excluding carboxylic acids is 1. The van der Waals surface area contributed by atoms with Gasteiger partial charge in [0.15, 0.2) is 0 Å². The number of anilines is 1. The normalized spacial score (nSPS) is 18.3. The number of rotatable bonds is 5. The second-order valence-electron chi connectivity index (χ2n) is 6.41. The summed E-state index contributed by atoms with van der Waals surface area (Å²) < 4.78 is 0. The topological polar surface area (TPSA) is 23.6 Å². The van der Waals surface area contributed by atoms with Crippen molar-refractivity contribution in [2.24, 2.45) is 0 Å². The van der Waals surface area contributed by atoms with Crippen LogP contribution in [0.3, 0.4) is 0 Å². The van der Waals surface area contributed by atoms with Crippen LogP contribution in [-0.2, 0) is 24.1 Å². The van der Waals surface area contributed by atoms with Gasteiger partial charge in [0.25, 0.3) is 0 Å². The molecule has 0 spiro atoms. The average Bonchev–Trinajstić information content (AvgIpc) is 2.82. The van der Waals surface area contributed by atoms with Crippen molar-refractivity contribution in [2.75, 3.05) is 31.1 Å². The van der Waals surface area contributed by atoms with E-state index in [4.69, 9.17) is 0 Å². The minimum atomic E-state index is 0.345. The summed E-state index contributed by atoms with van der Waals surface area (Å²) in [6, 6.07) is 0. The Bertz CT molecular complexity index is 533. The first kappa shape index (κ1) is 16.0. The van der Waals surface area contributed by atoms with E-state index < -0.39 is 0 Å². The number of nitrogens with zero attached hydrogens (tertiary/aromatic N) is 2. The summed E-state index contributed by atoms with van der Waals surface area (Å²) in [4.78, 5) is 20.3. The maximum Gasteiger partial charge on any atom is 0.227 e. The van der Waals surface area contributed by atoms with Gasteiger partial charge in [0.05, 0.1) is 5.69 Å². The van der Waals surface area contributed by atoms with E-state index in [-0.39, 0.29) is 0 Å². The Labute approximate surface area is 138 Å². The van der Waals surface area contributed by atoms with Crippen molar-refractivity contribution in [3.05, 3.63) is 15.3 Å². The molecule has 1 aromatic heterocycles. The van der Waals surface area contributed by atoms with Crippen molar-refractivity contribution in [2.45, 2.75) is 58.8 Å². The van der Waals surface area contributed by atoms with E-state index >= 15 is 0 Å². The Morgan fingerprint density at radius 3 is 2.50 bits per heavy atom. The molecule has 1 aromatic rings. The third-order valence-corrected chi connectivity index (χ3v) is 6.45. The van der Waals surface area contributed by atoms with Gasteiger partial charge in [-0.2, -0.15) is 0 Å². The molecule has 2 heterocycles. The number of thiophene rings is 1. The molecule has 0 radical (unpaired) electrons. The second kappa shape index (κ2) is 7.14. The molecule has 4 heteroatoms. The number of amides is 1. The molecule has 22 heavy (non-hydrogen) atoms. The van der Waals surface area contributed by atoms with E-state index in [2.05, 4.69) is 23.6 Å². The quantitative estimate of drug-likeness (QED) is 0.827. The first-order valence-electron chi connectivity index (χ1n) is 8.90. The van der Waals surface area contributed by atoms with Crippen molar-refractivity contribution in [1.29, 1.82) is 0 Å². The molecule has 1 amide bonds. The van der Waals surface area contributed by atoms with E-state index in [1.165, 1.54) is 41.8 Å². The molecule has 0 saturated heterocycles. The van der Waals surface area contributed by atoms with Crippen LogP contribution in [0.1, 0.15) is 54.8 Å². The Morgan fingerprint density at radius 2 is 1.73 bits per heavy atom. The zero-order chi connectivity index (χ0) is 15.5. The highest BCUT2D eigenvalue weighted by Gasteiger charge is 2.29. The Balaban J connectivity index is 1.88. The zero-order valence-electron chi connectivity index (χ0n) is 14.0. The summed E-state index contributed by atoms with van der Waals surface area (Å²) in [5.74, 6) is 0.345. The molecular weight excluding hydrogens is 292 g/mol. The Hall–Kier alpha value is -0.870. The summed E-state index contributed by atoms with van der Waals surface area (Å²) in [6.07, 6.45) is 7.84. The Kier molecular flexibility index (Phi) is 5.19. The highest BCUT2D eigenvalue weighted by molar-refractivity contribution is 7.12. The lowest BCUT2D eigenvalue weighted by Gasteiger charge is -2.27. The number of hydrogen-bond donors (Lipinski definition) is 0. The van der Waals surface area contributed by atoms with Crippen molar-refractivity contribution in [3.63, 3.8) is 0 Å². The maximum atomic E-state index is 12.7. The minimum absolute atomic E-state index is 0.345.